The molecule has 0 spiro atoms. The standard InChI is InChI=1S/C17H25ClNO/c1-5-14(3)10-8-7-9-11-15(13-19)12-17(4,6-2)16(18)20/h5,7,9,14-15H,1,3,6,8,10-12H2,2,4H3/q+1/b9-7+. The van der Waals surface area contributed by atoms with Crippen LogP contribution < -0.4 is 0 Å². The van der Waals surface area contributed by atoms with Crippen LogP contribution in [0.15, 0.2) is 24.8 Å². The summed E-state index contributed by atoms with van der Waals surface area (Å²) in [4.78, 5) is 11.5. The van der Waals surface area contributed by atoms with Crippen molar-refractivity contribution >= 4 is 16.8 Å². The molecule has 2 nitrogen and oxygen atoms in total. The first-order chi connectivity index (χ1) is 9.39. The van der Waals surface area contributed by atoms with Crippen LogP contribution in [-0.2, 0) is 4.79 Å². The summed E-state index contributed by atoms with van der Waals surface area (Å²) in [6.45, 7) is 11.4. The summed E-state index contributed by atoms with van der Waals surface area (Å²) in [5.74, 6) is 0.0949. The van der Waals surface area contributed by atoms with Crippen LogP contribution in [0, 0.1) is 35.5 Å². The highest BCUT2D eigenvalue weighted by atomic mass is 35.5. The normalized spacial score (nSPS) is 17.1. The Hall–Kier alpha value is -1.20. The molecule has 0 aliphatic heterocycles. The summed E-state index contributed by atoms with van der Waals surface area (Å²) in [5, 5.41) is 8.84. The minimum atomic E-state index is -0.600. The minimum Gasteiger partial charge on any atom is -0.281 e. The summed E-state index contributed by atoms with van der Waals surface area (Å²) in [7, 11) is 0. The molecule has 0 bridgehead atoms. The third-order valence-electron chi connectivity index (χ3n) is 3.76. The molecular formula is C17H25ClNO+. The summed E-state index contributed by atoms with van der Waals surface area (Å²) < 4.78 is 0. The van der Waals surface area contributed by atoms with Crippen molar-refractivity contribution in [1.29, 1.82) is 5.26 Å². The fourth-order valence-corrected chi connectivity index (χ4v) is 2.11. The van der Waals surface area contributed by atoms with Gasteiger partial charge in [0.15, 0.2) is 0 Å². The number of hydrogen-bond acceptors (Lipinski definition) is 2. The van der Waals surface area contributed by atoms with E-state index in [0.29, 0.717) is 19.3 Å². The first kappa shape index (κ1) is 18.8. The Labute approximate surface area is 128 Å². The Bertz CT molecular complexity index is 383. The van der Waals surface area contributed by atoms with Gasteiger partial charge in [-0.15, -0.1) is 0 Å². The molecule has 0 N–H and O–H groups in total. The van der Waals surface area contributed by atoms with Gasteiger partial charge in [0, 0.05) is 5.41 Å². The molecule has 0 rings (SSSR count). The van der Waals surface area contributed by atoms with Crippen LogP contribution in [0.2, 0.25) is 0 Å². The predicted molar refractivity (Wildman–Crippen MR) is 85.0 cm³/mol. The molecular weight excluding hydrogens is 270 g/mol. The summed E-state index contributed by atoms with van der Waals surface area (Å²) in [6.07, 6.45) is 9.63. The lowest BCUT2D eigenvalue weighted by atomic mass is 9.79. The highest BCUT2D eigenvalue weighted by Gasteiger charge is 2.32. The van der Waals surface area contributed by atoms with Crippen molar-refractivity contribution in [2.75, 3.05) is 0 Å². The van der Waals surface area contributed by atoms with Crippen molar-refractivity contribution in [2.24, 2.45) is 17.3 Å². The number of rotatable bonds is 10. The van der Waals surface area contributed by atoms with Crippen molar-refractivity contribution in [3.05, 3.63) is 31.7 Å². The van der Waals surface area contributed by atoms with Gasteiger partial charge in [0.25, 0.3) is 0 Å². The highest BCUT2D eigenvalue weighted by molar-refractivity contribution is 6.64. The summed E-state index contributed by atoms with van der Waals surface area (Å²) in [6, 6.07) is 2.27. The van der Waals surface area contributed by atoms with Gasteiger partial charge >= 0.3 is 0 Å². The summed E-state index contributed by atoms with van der Waals surface area (Å²) in [5.41, 5.74) is -0.600. The molecule has 0 fully saturated rings. The molecule has 3 unspecified atom stereocenters. The van der Waals surface area contributed by atoms with Crippen LogP contribution in [0.4, 0.5) is 0 Å². The van der Waals surface area contributed by atoms with E-state index < -0.39 is 5.41 Å². The molecule has 0 aromatic heterocycles. The van der Waals surface area contributed by atoms with Crippen LogP contribution in [0.3, 0.4) is 0 Å². The molecule has 0 aliphatic carbocycles. The number of nitriles is 1. The van der Waals surface area contributed by atoms with Gasteiger partial charge in [-0.3, -0.25) is 4.79 Å². The van der Waals surface area contributed by atoms with E-state index in [2.05, 4.69) is 25.6 Å². The molecule has 0 radical (unpaired) electrons. The Balaban J connectivity index is 4.30. The average molecular weight is 295 g/mol. The molecule has 110 valence electrons. The van der Waals surface area contributed by atoms with Crippen LogP contribution in [0.25, 0.3) is 0 Å². The van der Waals surface area contributed by atoms with E-state index in [1.54, 1.807) is 0 Å². The zero-order valence-electron chi connectivity index (χ0n) is 12.6. The SMILES string of the molecule is C=CC([CH2+])CC/C=C/CC(C#N)CC(C)(CC)C(=O)Cl. The molecule has 0 saturated heterocycles. The van der Waals surface area contributed by atoms with Crippen LogP contribution in [0.5, 0.6) is 0 Å². The average Bonchev–Trinajstić information content (AvgIpc) is 2.44. The zero-order chi connectivity index (χ0) is 15.6. The first-order valence-electron chi connectivity index (χ1n) is 7.09. The molecule has 3 heteroatoms. The van der Waals surface area contributed by atoms with E-state index in [9.17, 15) is 10.1 Å². The van der Waals surface area contributed by atoms with Gasteiger partial charge in [-0.05, 0) is 49.8 Å². The second-order valence-electron chi connectivity index (χ2n) is 5.50. The van der Waals surface area contributed by atoms with Gasteiger partial charge < -0.3 is 0 Å². The van der Waals surface area contributed by atoms with Crippen LogP contribution in [-0.4, -0.2) is 5.24 Å². The van der Waals surface area contributed by atoms with Gasteiger partial charge in [0.1, 0.15) is 5.92 Å². The lowest BCUT2D eigenvalue weighted by molar-refractivity contribution is -0.120. The second-order valence-corrected chi connectivity index (χ2v) is 5.84. The number of carbonyl (C=O) groups is 1. The molecule has 3 atom stereocenters. The molecule has 0 aromatic rings. The van der Waals surface area contributed by atoms with Crippen molar-refractivity contribution in [2.45, 2.75) is 46.0 Å². The topological polar surface area (TPSA) is 40.9 Å². The smallest absolute Gasteiger partial charge is 0.227 e. The molecule has 0 aliphatic rings. The Morgan fingerprint density at radius 2 is 2.20 bits per heavy atom. The van der Waals surface area contributed by atoms with Crippen LogP contribution in [0.1, 0.15) is 46.0 Å². The number of allylic oxidation sites excluding steroid dienone is 3. The van der Waals surface area contributed by atoms with Crippen molar-refractivity contribution < 1.29 is 4.79 Å². The maximum atomic E-state index is 11.5. The molecule has 20 heavy (non-hydrogen) atoms. The van der Waals surface area contributed by atoms with Gasteiger partial charge in [-0.1, -0.05) is 32.6 Å². The highest BCUT2D eigenvalue weighted by Crippen LogP contribution is 2.33. The fourth-order valence-electron chi connectivity index (χ4n) is 1.90. The van der Waals surface area contributed by atoms with E-state index in [-0.39, 0.29) is 17.1 Å². The van der Waals surface area contributed by atoms with Crippen molar-refractivity contribution in [1.82, 2.24) is 0 Å². The lowest BCUT2D eigenvalue weighted by Crippen LogP contribution is -2.25. The molecule has 0 heterocycles. The minimum absolute atomic E-state index is 0.172. The first-order valence-corrected chi connectivity index (χ1v) is 7.47. The van der Waals surface area contributed by atoms with E-state index >= 15 is 0 Å². The predicted octanol–water partition coefficient (Wildman–Crippen LogP) is 5.06. The van der Waals surface area contributed by atoms with Gasteiger partial charge in [0.05, 0.1) is 18.9 Å². The van der Waals surface area contributed by atoms with E-state index in [0.717, 1.165) is 12.8 Å². The molecule has 0 aromatic carbocycles. The Kier molecular flexibility index (Phi) is 9.08. The molecule has 0 saturated carbocycles. The van der Waals surface area contributed by atoms with E-state index in [1.165, 1.54) is 0 Å². The quantitative estimate of drug-likeness (QED) is 0.321. The van der Waals surface area contributed by atoms with E-state index in [4.69, 9.17) is 11.6 Å². The number of halogens is 1. The monoisotopic (exact) mass is 294 g/mol. The van der Waals surface area contributed by atoms with Gasteiger partial charge in [-0.25, -0.2) is 0 Å². The van der Waals surface area contributed by atoms with E-state index in [1.807, 2.05) is 26.0 Å². The third kappa shape index (κ3) is 6.82. The maximum absolute atomic E-state index is 11.5. The lowest BCUT2D eigenvalue weighted by Gasteiger charge is -2.25. The second kappa shape index (κ2) is 9.66. The van der Waals surface area contributed by atoms with Crippen LogP contribution >= 0.6 is 11.6 Å². The van der Waals surface area contributed by atoms with Gasteiger partial charge in [-0.2, -0.15) is 5.26 Å². The van der Waals surface area contributed by atoms with Crippen molar-refractivity contribution in [3.8, 4) is 6.07 Å². The van der Waals surface area contributed by atoms with Gasteiger partial charge in [0.2, 0.25) is 5.24 Å². The third-order valence-corrected chi connectivity index (χ3v) is 4.22. The largest absolute Gasteiger partial charge is 0.281 e. The number of nitrogens with zero attached hydrogens (tertiary/aromatic N) is 1. The number of carbonyl (C=O) groups excluding carboxylic acids is 1. The van der Waals surface area contributed by atoms with Crippen molar-refractivity contribution in [3.63, 3.8) is 0 Å². The zero-order valence-corrected chi connectivity index (χ0v) is 13.3. The Morgan fingerprint density at radius 3 is 2.65 bits per heavy atom. The number of hydrogen-bond donors (Lipinski definition) is 0. The Morgan fingerprint density at radius 1 is 1.55 bits per heavy atom. The maximum Gasteiger partial charge on any atom is 0.227 e. The molecule has 0 amide bonds. The fraction of sp³-hybridized carbons (Fsp3) is 0.588. The summed E-state index contributed by atoms with van der Waals surface area (Å²) >= 11 is 5.64.